The first-order chi connectivity index (χ1) is 10.4. The van der Waals surface area contributed by atoms with Crippen LogP contribution in [-0.2, 0) is 16.1 Å². The zero-order chi connectivity index (χ0) is 16.3. The van der Waals surface area contributed by atoms with Crippen molar-refractivity contribution in [3.63, 3.8) is 0 Å². The van der Waals surface area contributed by atoms with E-state index in [1.165, 1.54) is 7.11 Å². The van der Waals surface area contributed by atoms with Crippen molar-refractivity contribution < 1.29 is 19.1 Å². The molecule has 2 aromatic rings. The van der Waals surface area contributed by atoms with Gasteiger partial charge in [0.1, 0.15) is 12.3 Å². The van der Waals surface area contributed by atoms with E-state index in [4.69, 9.17) is 9.47 Å². The van der Waals surface area contributed by atoms with Crippen molar-refractivity contribution in [1.29, 1.82) is 0 Å². The van der Waals surface area contributed by atoms with E-state index in [1.54, 1.807) is 13.8 Å². The van der Waals surface area contributed by atoms with Crippen LogP contribution in [0.3, 0.4) is 0 Å². The molecule has 0 fully saturated rings. The number of benzene rings is 1. The molecule has 0 spiro atoms. The van der Waals surface area contributed by atoms with Crippen molar-refractivity contribution in [2.75, 3.05) is 7.11 Å². The van der Waals surface area contributed by atoms with E-state index in [0.717, 1.165) is 11.1 Å². The Morgan fingerprint density at radius 1 is 1.14 bits per heavy atom. The normalized spacial score (nSPS) is 10.4. The Balaban J connectivity index is 2.15. The van der Waals surface area contributed by atoms with Gasteiger partial charge in [0, 0.05) is 5.69 Å². The smallest absolute Gasteiger partial charge is 0.355 e. The minimum Gasteiger partial charge on any atom is -0.465 e. The number of H-pyrrole nitrogens is 1. The molecule has 22 heavy (non-hydrogen) atoms. The van der Waals surface area contributed by atoms with Crippen molar-refractivity contribution in [2.45, 2.75) is 27.4 Å². The Hall–Kier alpha value is -2.56. The number of hydrogen-bond acceptors (Lipinski definition) is 4. The highest BCUT2D eigenvalue weighted by atomic mass is 16.5. The molecule has 0 aliphatic rings. The number of carbonyl (C=O) groups is 2. The molecule has 2 rings (SSSR count). The molecule has 0 radical (unpaired) electrons. The lowest BCUT2D eigenvalue weighted by molar-refractivity contribution is 0.0465. The molecule has 1 N–H and O–H groups in total. The van der Waals surface area contributed by atoms with Crippen LogP contribution in [0.2, 0.25) is 0 Å². The van der Waals surface area contributed by atoms with Gasteiger partial charge in [-0.25, -0.2) is 9.59 Å². The highest BCUT2D eigenvalue weighted by Crippen LogP contribution is 2.20. The minimum absolute atomic E-state index is 0.186. The van der Waals surface area contributed by atoms with Crippen LogP contribution in [0.1, 0.15) is 43.2 Å². The number of ether oxygens (including phenoxy) is 2. The van der Waals surface area contributed by atoms with Crippen LogP contribution in [0.5, 0.6) is 0 Å². The van der Waals surface area contributed by atoms with E-state index in [-0.39, 0.29) is 12.3 Å². The van der Waals surface area contributed by atoms with Crippen molar-refractivity contribution in [2.24, 2.45) is 0 Å². The third-order valence-electron chi connectivity index (χ3n) is 3.48. The van der Waals surface area contributed by atoms with Crippen molar-refractivity contribution in [3.05, 3.63) is 57.9 Å². The predicted octanol–water partition coefficient (Wildman–Crippen LogP) is 3.08. The largest absolute Gasteiger partial charge is 0.465 e. The Kier molecular flexibility index (Phi) is 4.65. The number of hydrogen-bond donors (Lipinski definition) is 1. The standard InChI is InChI=1S/C17H19NO4/c1-10-6-5-7-13(8-10)9-22-17(20)15-11(2)14(12(3)18-15)16(19)21-4/h5-8,18H,9H2,1-4H3. The molecule has 0 unspecified atom stereocenters. The van der Waals surface area contributed by atoms with Crippen LogP contribution in [0.15, 0.2) is 24.3 Å². The lowest BCUT2D eigenvalue weighted by atomic mass is 10.1. The molecular formula is C17H19NO4. The van der Waals surface area contributed by atoms with E-state index in [1.807, 2.05) is 31.2 Å². The number of carbonyl (C=O) groups excluding carboxylic acids is 2. The Labute approximate surface area is 129 Å². The quantitative estimate of drug-likeness (QED) is 0.881. The molecule has 1 aromatic heterocycles. The van der Waals surface area contributed by atoms with Crippen LogP contribution < -0.4 is 0 Å². The fraction of sp³-hybridized carbons (Fsp3) is 0.294. The summed E-state index contributed by atoms with van der Waals surface area (Å²) in [6.07, 6.45) is 0. The second-order valence-corrected chi connectivity index (χ2v) is 5.18. The fourth-order valence-electron chi connectivity index (χ4n) is 2.39. The summed E-state index contributed by atoms with van der Waals surface area (Å²) in [5.41, 5.74) is 3.82. The molecule has 5 nitrogen and oxygen atoms in total. The topological polar surface area (TPSA) is 68.4 Å². The van der Waals surface area contributed by atoms with Gasteiger partial charge in [0.05, 0.1) is 12.7 Å². The third kappa shape index (κ3) is 3.19. The number of nitrogens with one attached hydrogen (secondary N) is 1. The van der Waals surface area contributed by atoms with Gasteiger partial charge in [0.15, 0.2) is 0 Å². The average molecular weight is 301 g/mol. The Morgan fingerprint density at radius 3 is 2.50 bits per heavy atom. The maximum atomic E-state index is 12.2. The predicted molar refractivity (Wildman–Crippen MR) is 81.9 cm³/mol. The van der Waals surface area contributed by atoms with E-state index in [9.17, 15) is 9.59 Å². The third-order valence-corrected chi connectivity index (χ3v) is 3.48. The summed E-state index contributed by atoms with van der Waals surface area (Å²) >= 11 is 0. The fourth-order valence-corrected chi connectivity index (χ4v) is 2.39. The lowest BCUT2D eigenvalue weighted by Crippen LogP contribution is -2.08. The molecule has 0 atom stereocenters. The van der Waals surface area contributed by atoms with Gasteiger partial charge >= 0.3 is 11.9 Å². The molecule has 0 saturated heterocycles. The monoisotopic (exact) mass is 301 g/mol. The first kappa shape index (κ1) is 15.8. The number of aryl methyl sites for hydroxylation is 2. The van der Waals surface area contributed by atoms with E-state index >= 15 is 0 Å². The van der Waals surface area contributed by atoms with Gasteiger partial charge in [-0.2, -0.15) is 0 Å². The number of esters is 2. The highest BCUT2D eigenvalue weighted by Gasteiger charge is 2.23. The van der Waals surface area contributed by atoms with E-state index in [2.05, 4.69) is 4.98 Å². The van der Waals surface area contributed by atoms with Crippen LogP contribution in [0, 0.1) is 20.8 Å². The first-order valence-electron chi connectivity index (χ1n) is 6.94. The van der Waals surface area contributed by atoms with Gasteiger partial charge in [0.2, 0.25) is 0 Å². The maximum absolute atomic E-state index is 12.2. The van der Waals surface area contributed by atoms with E-state index < -0.39 is 11.9 Å². The molecule has 0 amide bonds. The summed E-state index contributed by atoms with van der Waals surface area (Å²) in [5.74, 6) is -0.957. The van der Waals surface area contributed by atoms with Gasteiger partial charge in [-0.15, -0.1) is 0 Å². The second-order valence-electron chi connectivity index (χ2n) is 5.18. The Bertz CT molecular complexity index is 715. The van der Waals surface area contributed by atoms with Crippen LogP contribution in [0.25, 0.3) is 0 Å². The summed E-state index contributed by atoms with van der Waals surface area (Å²) < 4.78 is 10.0. The minimum atomic E-state index is -0.489. The molecule has 0 aliphatic carbocycles. The van der Waals surface area contributed by atoms with E-state index in [0.29, 0.717) is 16.8 Å². The molecule has 0 saturated carbocycles. The zero-order valence-electron chi connectivity index (χ0n) is 13.1. The maximum Gasteiger partial charge on any atom is 0.355 e. The number of aromatic nitrogens is 1. The molecule has 5 heteroatoms. The first-order valence-corrected chi connectivity index (χ1v) is 6.94. The van der Waals surface area contributed by atoms with Crippen LogP contribution in [0.4, 0.5) is 0 Å². The van der Waals surface area contributed by atoms with Gasteiger partial charge < -0.3 is 14.5 Å². The number of methoxy groups -OCH3 is 1. The second kappa shape index (κ2) is 6.47. The van der Waals surface area contributed by atoms with Gasteiger partial charge in [-0.1, -0.05) is 29.8 Å². The zero-order valence-corrected chi connectivity index (χ0v) is 13.1. The SMILES string of the molecule is COC(=O)c1c(C)[nH]c(C(=O)OCc2cccc(C)c2)c1C. The molecule has 1 heterocycles. The molecule has 1 aromatic carbocycles. The van der Waals surface area contributed by atoms with Crippen LogP contribution in [-0.4, -0.2) is 24.0 Å². The Morgan fingerprint density at radius 2 is 1.86 bits per heavy atom. The lowest BCUT2D eigenvalue weighted by Gasteiger charge is -2.05. The molecule has 0 bridgehead atoms. The summed E-state index contributed by atoms with van der Waals surface area (Å²) in [7, 11) is 1.31. The molecular weight excluding hydrogens is 282 g/mol. The van der Waals surface area contributed by atoms with Crippen molar-refractivity contribution in [3.8, 4) is 0 Å². The summed E-state index contributed by atoms with van der Waals surface area (Å²) in [4.78, 5) is 26.8. The highest BCUT2D eigenvalue weighted by molar-refractivity contribution is 5.98. The number of aromatic amines is 1. The summed E-state index contributed by atoms with van der Waals surface area (Å²) in [5, 5.41) is 0. The number of rotatable bonds is 4. The summed E-state index contributed by atoms with van der Waals surface area (Å²) in [6.45, 7) is 5.58. The van der Waals surface area contributed by atoms with Gasteiger partial charge in [-0.3, -0.25) is 0 Å². The molecule has 116 valence electrons. The molecule has 0 aliphatic heterocycles. The van der Waals surface area contributed by atoms with Crippen LogP contribution >= 0.6 is 0 Å². The van der Waals surface area contributed by atoms with Gasteiger partial charge in [0.25, 0.3) is 0 Å². The van der Waals surface area contributed by atoms with Gasteiger partial charge in [-0.05, 0) is 31.9 Å². The summed E-state index contributed by atoms with van der Waals surface area (Å²) in [6, 6.07) is 7.75. The van der Waals surface area contributed by atoms with Crippen molar-refractivity contribution >= 4 is 11.9 Å². The average Bonchev–Trinajstić information content (AvgIpc) is 2.79. The van der Waals surface area contributed by atoms with Crippen molar-refractivity contribution in [1.82, 2.24) is 4.98 Å².